The lowest BCUT2D eigenvalue weighted by molar-refractivity contribution is 0.587. The Morgan fingerprint density at radius 3 is 2.42 bits per heavy atom. The number of nitrogens with zero attached hydrogens (tertiary/aromatic N) is 1. The van der Waals surface area contributed by atoms with Crippen LogP contribution in [0.15, 0.2) is 42.7 Å². The summed E-state index contributed by atoms with van der Waals surface area (Å²) in [7, 11) is -3.15. The maximum Gasteiger partial charge on any atom is 0.209 e. The molecule has 2 aromatic rings. The minimum Gasteiger partial charge on any atom is -0.264 e. The second-order valence-electron chi connectivity index (χ2n) is 4.48. The van der Waals surface area contributed by atoms with Crippen molar-refractivity contribution in [3.05, 3.63) is 53.9 Å². The zero-order valence-electron chi connectivity index (χ0n) is 10.9. The van der Waals surface area contributed by atoms with Crippen molar-refractivity contribution in [1.82, 2.24) is 9.71 Å². The van der Waals surface area contributed by atoms with E-state index >= 15 is 0 Å². The zero-order valence-corrected chi connectivity index (χ0v) is 11.7. The second-order valence-corrected chi connectivity index (χ2v) is 6.31. The molecule has 2 rings (SSSR count). The van der Waals surface area contributed by atoms with Crippen LogP contribution in [0.2, 0.25) is 0 Å². The molecular weight excluding hydrogens is 260 g/mol. The normalized spacial score (nSPS) is 11.5. The minimum absolute atomic E-state index is 0.314. The van der Waals surface area contributed by atoms with E-state index in [0.29, 0.717) is 6.54 Å². The average Bonchev–Trinajstić information content (AvgIpc) is 2.37. The maximum absolute atomic E-state index is 11.0. The molecule has 0 saturated carbocycles. The predicted octanol–water partition coefficient (Wildman–Crippen LogP) is 2.11. The molecule has 1 heterocycles. The van der Waals surface area contributed by atoms with Gasteiger partial charge in [-0.25, -0.2) is 13.1 Å². The highest BCUT2D eigenvalue weighted by molar-refractivity contribution is 7.88. The molecule has 0 saturated heterocycles. The number of benzene rings is 1. The van der Waals surface area contributed by atoms with Crippen LogP contribution in [0.4, 0.5) is 0 Å². The quantitative estimate of drug-likeness (QED) is 0.930. The lowest BCUT2D eigenvalue weighted by atomic mass is 10.0. The van der Waals surface area contributed by atoms with Crippen molar-refractivity contribution in [2.75, 3.05) is 6.26 Å². The zero-order chi connectivity index (χ0) is 13.9. The van der Waals surface area contributed by atoms with Gasteiger partial charge in [-0.15, -0.1) is 0 Å². The van der Waals surface area contributed by atoms with Gasteiger partial charge in [-0.1, -0.05) is 24.3 Å². The Balaban J connectivity index is 2.17. The molecule has 0 spiro atoms. The fourth-order valence-electron chi connectivity index (χ4n) is 1.81. The molecule has 0 unspecified atom stereocenters. The summed E-state index contributed by atoms with van der Waals surface area (Å²) in [6.07, 6.45) is 4.75. The van der Waals surface area contributed by atoms with Crippen LogP contribution in [0.25, 0.3) is 11.1 Å². The number of aryl methyl sites for hydroxylation is 1. The number of aromatic nitrogens is 1. The number of sulfonamides is 1. The largest absolute Gasteiger partial charge is 0.264 e. The number of nitrogens with one attached hydrogen (secondary N) is 1. The Morgan fingerprint density at radius 1 is 1.16 bits per heavy atom. The lowest BCUT2D eigenvalue weighted by Gasteiger charge is -2.07. The maximum atomic E-state index is 11.0. The first kappa shape index (κ1) is 13.7. The summed E-state index contributed by atoms with van der Waals surface area (Å²) in [6.45, 7) is 2.33. The third-order valence-electron chi connectivity index (χ3n) is 2.82. The first-order chi connectivity index (χ1) is 8.96. The van der Waals surface area contributed by atoms with E-state index in [1.807, 2.05) is 43.5 Å². The smallest absolute Gasteiger partial charge is 0.209 e. The van der Waals surface area contributed by atoms with E-state index in [-0.39, 0.29) is 0 Å². The van der Waals surface area contributed by atoms with Crippen LogP contribution in [0.3, 0.4) is 0 Å². The van der Waals surface area contributed by atoms with Gasteiger partial charge in [-0.05, 0) is 35.2 Å². The standard InChI is InChI=1S/C14H16N2O2S/c1-11-9-15-8-7-14(11)13-5-3-12(4-6-13)10-16-19(2,17)18/h3-9,16H,10H2,1-2H3. The highest BCUT2D eigenvalue weighted by Crippen LogP contribution is 2.22. The molecule has 0 aliphatic carbocycles. The van der Waals surface area contributed by atoms with Crippen molar-refractivity contribution in [3.63, 3.8) is 0 Å². The Hall–Kier alpha value is -1.72. The van der Waals surface area contributed by atoms with E-state index < -0.39 is 10.0 Å². The SMILES string of the molecule is Cc1cnccc1-c1ccc(CNS(C)(=O)=O)cc1. The van der Waals surface area contributed by atoms with Gasteiger partial charge in [0.15, 0.2) is 0 Å². The summed E-state index contributed by atoms with van der Waals surface area (Å²) in [5.41, 5.74) is 4.28. The van der Waals surface area contributed by atoms with Crippen molar-refractivity contribution in [2.45, 2.75) is 13.5 Å². The van der Waals surface area contributed by atoms with Gasteiger partial charge < -0.3 is 0 Å². The fraction of sp³-hybridized carbons (Fsp3) is 0.214. The van der Waals surface area contributed by atoms with Crippen molar-refractivity contribution < 1.29 is 8.42 Å². The molecule has 0 aliphatic heterocycles. The van der Waals surface area contributed by atoms with E-state index in [2.05, 4.69) is 9.71 Å². The van der Waals surface area contributed by atoms with Crippen LogP contribution >= 0.6 is 0 Å². The Kier molecular flexibility index (Phi) is 3.97. The Morgan fingerprint density at radius 2 is 1.84 bits per heavy atom. The number of hydrogen-bond donors (Lipinski definition) is 1. The van der Waals surface area contributed by atoms with Crippen LogP contribution in [0.1, 0.15) is 11.1 Å². The van der Waals surface area contributed by atoms with Crippen molar-refractivity contribution in [1.29, 1.82) is 0 Å². The van der Waals surface area contributed by atoms with Gasteiger partial charge in [-0.2, -0.15) is 0 Å². The van der Waals surface area contributed by atoms with Gasteiger partial charge in [0, 0.05) is 18.9 Å². The number of pyridine rings is 1. The molecule has 0 aliphatic rings. The van der Waals surface area contributed by atoms with Gasteiger partial charge in [0.1, 0.15) is 0 Å². The fourth-order valence-corrected chi connectivity index (χ4v) is 2.24. The minimum atomic E-state index is -3.15. The summed E-state index contributed by atoms with van der Waals surface area (Å²) in [4.78, 5) is 4.07. The van der Waals surface area contributed by atoms with E-state index in [9.17, 15) is 8.42 Å². The second kappa shape index (κ2) is 5.50. The van der Waals surface area contributed by atoms with Gasteiger partial charge in [0.2, 0.25) is 10.0 Å². The van der Waals surface area contributed by atoms with Gasteiger partial charge in [-0.3, -0.25) is 4.98 Å². The molecule has 5 heteroatoms. The summed E-state index contributed by atoms with van der Waals surface area (Å²) in [5.74, 6) is 0. The number of rotatable bonds is 4. The molecule has 100 valence electrons. The molecule has 0 bridgehead atoms. The van der Waals surface area contributed by atoms with Gasteiger partial charge in [0.05, 0.1) is 6.26 Å². The van der Waals surface area contributed by atoms with Crippen LogP contribution in [-0.4, -0.2) is 19.7 Å². The molecule has 4 nitrogen and oxygen atoms in total. The molecule has 1 aromatic carbocycles. The van der Waals surface area contributed by atoms with Crippen LogP contribution in [0.5, 0.6) is 0 Å². The van der Waals surface area contributed by atoms with E-state index in [0.717, 1.165) is 28.5 Å². The van der Waals surface area contributed by atoms with Gasteiger partial charge >= 0.3 is 0 Å². The summed E-state index contributed by atoms with van der Waals surface area (Å²) in [6, 6.07) is 9.79. The average molecular weight is 276 g/mol. The molecule has 0 atom stereocenters. The third-order valence-corrected chi connectivity index (χ3v) is 3.49. The topological polar surface area (TPSA) is 59.1 Å². The molecule has 1 N–H and O–H groups in total. The van der Waals surface area contributed by atoms with Gasteiger partial charge in [0.25, 0.3) is 0 Å². The predicted molar refractivity (Wildman–Crippen MR) is 76.1 cm³/mol. The summed E-state index contributed by atoms with van der Waals surface area (Å²) < 4.78 is 24.5. The van der Waals surface area contributed by atoms with Crippen LogP contribution in [-0.2, 0) is 16.6 Å². The van der Waals surface area contributed by atoms with Crippen molar-refractivity contribution in [3.8, 4) is 11.1 Å². The Bertz CT molecular complexity index is 664. The van der Waals surface area contributed by atoms with Crippen LogP contribution in [0, 0.1) is 6.92 Å². The first-order valence-corrected chi connectivity index (χ1v) is 7.79. The summed E-state index contributed by atoms with van der Waals surface area (Å²) >= 11 is 0. The van der Waals surface area contributed by atoms with E-state index in [1.54, 1.807) is 6.20 Å². The molecular formula is C14H16N2O2S. The molecule has 0 radical (unpaired) electrons. The van der Waals surface area contributed by atoms with Crippen molar-refractivity contribution >= 4 is 10.0 Å². The van der Waals surface area contributed by atoms with E-state index in [4.69, 9.17) is 0 Å². The first-order valence-electron chi connectivity index (χ1n) is 5.90. The van der Waals surface area contributed by atoms with Crippen molar-refractivity contribution in [2.24, 2.45) is 0 Å². The lowest BCUT2D eigenvalue weighted by Crippen LogP contribution is -2.21. The third kappa shape index (κ3) is 3.87. The molecule has 0 fully saturated rings. The molecule has 1 aromatic heterocycles. The highest BCUT2D eigenvalue weighted by Gasteiger charge is 2.03. The number of hydrogen-bond acceptors (Lipinski definition) is 3. The van der Waals surface area contributed by atoms with E-state index in [1.165, 1.54) is 0 Å². The molecule has 19 heavy (non-hydrogen) atoms. The Labute approximate surface area is 113 Å². The highest BCUT2D eigenvalue weighted by atomic mass is 32.2. The summed E-state index contributed by atoms with van der Waals surface area (Å²) in [5, 5.41) is 0. The molecule has 0 amide bonds. The van der Waals surface area contributed by atoms with Crippen LogP contribution < -0.4 is 4.72 Å². The monoisotopic (exact) mass is 276 g/mol.